The van der Waals surface area contributed by atoms with Crippen LogP contribution in [0.2, 0.25) is 0 Å². The van der Waals surface area contributed by atoms with Gasteiger partial charge in [-0.1, -0.05) is 84.9 Å². The molecule has 1 saturated heterocycles. The van der Waals surface area contributed by atoms with Gasteiger partial charge in [0.25, 0.3) is 0 Å². The number of nitrogens with zero attached hydrogens (tertiary/aromatic N) is 7. The molecule has 0 spiro atoms. The van der Waals surface area contributed by atoms with Crippen molar-refractivity contribution in [1.29, 1.82) is 0 Å². The molecular formula is C51H51N9O10S2. The fourth-order valence-corrected chi connectivity index (χ4v) is 13.5. The second-order valence-corrected chi connectivity index (χ2v) is 21.5. The maximum atomic E-state index is 16.4. The highest BCUT2D eigenvalue weighted by Gasteiger charge is 2.53. The Balaban J connectivity index is 1.31. The van der Waals surface area contributed by atoms with Gasteiger partial charge in [-0.3, -0.25) is 4.90 Å². The molecule has 2 aromatic heterocycles. The number of aliphatic hydroxyl groups excluding tert-OH is 1. The number of benzene rings is 6. The van der Waals surface area contributed by atoms with Crippen LogP contribution in [0.1, 0.15) is 28.7 Å². The van der Waals surface area contributed by atoms with Crippen LogP contribution in [0.15, 0.2) is 143 Å². The van der Waals surface area contributed by atoms with E-state index in [4.69, 9.17) is 25.0 Å². The number of aromatic amines is 1. The van der Waals surface area contributed by atoms with Crippen LogP contribution >= 0.6 is 0 Å². The van der Waals surface area contributed by atoms with Crippen molar-refractivity contribution in [2.45, 2.75) is 53.1 Å². The number of methoxy groups -OCH3 is 3. The number of para-hydroxylation sites is 1. The number of likely N-dealkylation sites (tertiary alicyclic amines) is 1. The lowest BCUT2D eigenvalue weighted by Crippen LogP contribution is -2.51. The predicted octanol–water partition coefficient (Wildman–Crippen LogP) is 6.43. The molecule has 72 heavy (non-hydrogen) atoms. The fourth-order valence-electron chi connectivity index (χ4n) is 9.30. The number of carbonyl (C=O) groups is 1. The van der Waals surface area contributed by atoms with Crippen LogP contribution in [0.5, 0.6) is 17.2 Å². The van der Waals surface area contributed by atoms with Gasteiger partial charge in [0.05, 0.1) is 66.8 Å². The maximum absolute atomic E-state index is 16.4. The number of hydrogen-bond acceptors (Lipinski definition) is 14. The molecule has 9 rings (SSSR count). The molecule has 0 radical (unpaired) electrons. The van der Waals surface area contributed by atoms with E-state index < -0.39 is 59.7 Å². The molecular weight excluding hydrogens is 963 g/mol. The van der Waals surface area contributed by atoms with Gasteiger partial charge in [-0.15, -0.1) is 10.2 Å². The molecule has 1 fully saturated rings. The number of hydrogen-bond donors (Lipinski definition) is 4. The van der Waals surface area contributed by atoms with Crippen molar-refractivity contribution in [3.8, 4) is 39.8 Å². The summed E-state index contributed by atoms with van der Waals surface area (Å²) in [5.74, 6) is 1.52. The average molecular weight is 1010 g/mol. The Morgan fingerprint density at radius 1 is 0.764 bits per heavy atom. The van der Waals surface area contributed by atoms with Gasteiger partial charge in [0.15, 0.2) is 15.8 Å². The van der Waals surface area contributed by atoms with Crippen LogP contribution < -0.4 is 19.9 Å². The number of aromatic nitrogens is 6. The van der Waals surface area contributed by atoms with Crippen LogP contribution in [0.25, 0.3) is 33.5 Å². The number of carboxylic acid groups (broad SMARTS) is 1. The number of rotatable bonds is 18. The van der Waals surface area contributed by atoms with E-state index in [1.807, 2.05) is 12.1 Å². The van der Waals surface area contributed by atoms with Gasteiger partial charge in [0.2, 0.25) is 15.8 Å². The summed E-state index contributed by atoms with van der Waals surface area (Å²) in [7, 11) is -5.40. The molecule has 8 aromatic rings. The summed E-state index contributed by atoms with van der Waals surface area (Å²) in [5, 5.41) is 33.7. The number of anilines is 1. The van der Waals surface area contributed by atoms with Gasteiger partial charge < -0.3 is 35.1 Å². The number of aliphatic hydroxyl groups is 1. The number of fused-ring (bicyclic) bond motifs is 1. The van der Waals surface area contributed by atoms with Gasteiger partial charge in [-0.2, -0.15) is 9.10 Å². The topological polar surface area (TPSA) is 258 Å². The Morgan fingerprint density at radius 2 is 1.36 bits per heavy atom. The van der Waals surface area contributed by atoms with E-state index in [2.05, 4.69) is 20.3 Å². The number of tetrazole rings is 1. The summed E-state index contributed by atoms with van der Waals surface area (Å²) < 4.78 is 81.8. The first kappa shape index (κ1) is 49.1. The molecule has 0 bridgehead atoms. The van der Waals surface area contributed by atoms with E-state index in [-0.39, 0.29) is 55.4 Å². The molecule has 372 valence electrons. The van der Waals surface area contributed by atoms with Crippen molar-refractivity contribution in [2.24, 2.45) is 0 Å². The van der Waals surface area contributed by atoms with E-state index in [1.54, 1.807) is 116 Å². The largest absolute Gasteiger partial charge is 0.497 e. The summed E-state index contributed by atoms with van der Waals surface area (Å²) in [6.45, 7) is -1.73. The molecule has 21 heteroatoms. The van der Waals surface area contributed by atoms with Crippen LogP contribution in [-0.4, -0.2) is 118 Å². The molecule has 19 nitrogen and oxygen atoms in total. The SMILES string of the molecule is COc1ccc(CN(Cc2ccc(OC)cc2)S(=O)(=O)c2c(S(=O)(=O)[C@@H]3CN(C(=O)O)[C@@](CO)(Cc4ccccc4)C3)ccc(-c3cccc4[nH]c(N)nc34)c2-c2nnn(Cc3ccc(OC)cc3)n2)cc1. The summed E-state index contributed by atoms with van der Waals surface area (Å²) in [5.41, 5.74) is 8.26. The number of nitrogens with two attached hydrogens (primary N) is 1. The second-order valence-electron chi connectivity index (χ2n) is 17.4. The Hall–Kier alpha value is -7.85. The van der Waals surface area contributed by atoms with Crippen molar-refractivity contribution < 1.29 is 46.1 Å². The number of imidazole rings is 1. The second kappa shape index (κ2) is 20.1. The van der Waals surface area contributed by atoms with Crippen molar-refractivity contribution in [3.05, 3.63) is 156 Å². The van der Waals surface area contributed by atoms with E-state index in [1.165, 1.54) is 35.5 Å². The monoisotopic (exact) mass is 1010 g/mol. The lowest BCUT2D eigenvalue weighted by Gasteiger charge is -2.35. The van der Waals surface area contributed by atoms with E-state index >= 15 is 16.8 Å². The van der Waals surface area contributed by atoms with Crippen molar-refractivity contribution in [3.63, 3.8) is 0 Å². The highest BCUT2D eigenvalue weighted by Crippen LogP contribution is 2.46. The van der Waals surface area contributed by atoms with Crippen LogP contribution in [0.3, 0.4) is 0 Å². The summed E-state index contributed by atoms with van der Waals surface area (Å²) >= 11 is 0. The third-order valence-electron chi connectivity index (χ3n) is 12.9. The molecule has 1 aliphatic heterocycles. The van der Waals surface area contributed by atoms with Crippen LogP contribution in [0.4, 0.5) is 10.7 Å². The fraction of sp³-hybridized carbons (Fsp3) is 0.235. The van der Waals surface area contributed by atoms with Crippen molar-refractivity contribution in [1.82, 2.24) is 39.4 Å². The van der Waals surface area contributed by atoms with E-state index in [0.29, 0.717) is 50.5 Å². The highest BCUT2D eigenvalue weighted by atomic mass is 32.2. The maximum Gasteiger partial charge on any atom is 0.407 e. The van der Waals surface area contributed by atoms with Crippen molar-refractivity contribution >= 4 is 42.9 Å². The molecule has 6 aromatic carbocycles. The first-order valence-corrected chi connectivity index (χ1v) is 25.6. The number of ether oxygens (including phenoxy) is 3. The quantitative estimate of drug-likeness (QED) is 0.0722. The predicted molar refractivity (Wildman–Crippen MR) is 268 cm³/mol. The first-order chi connectivity index (χ1) is 34.7. The number of amides is 1. The number of nitrogen functional groups attached to an aromatic ring is 1. The number of sulfone groups is 1. The smallest absolute Gasteiger partial charge is 0.407 e. The lowest BCUT2D eigenvalue weighted by molar-refractivity contribution is 0.0599. The van der Waals surface area contributed by atoms with Gasteiger partial charge >= 0.3 is 6.09 Å². The van der Waals surface area contributed by atoms with Crippen LogP contribution in [-0.2, 0) is 45.9 Å². The van der Waals surface area contributed by atoms with E-state index in [9.17, 15) is 15.0 Å². The molecule has 0 aliphatic carbocycles. The number of sulfonamides is 1. The zero-order chi connectivity index (χ0) is 50.8. The third kappa shape index (κ3) is 9.65. The lowest BCUT2D eigenvalue weighted by atomic mass is 9.89. The average Bonchev–Trinajstić information content (AvgIpc) is 4.14. The van der Waals surface area contributed by atoms with E-state index in [0.717, 1.165) is 10.5 Å². The summed E-state index contributed by atoms with van der Waals surface area (Å²) in [6.07, 6.45) is -1.84. The Labute approximate surface area is 415 Å². The first-order valence-electron chi connectivity index (χ1n) is 22.6. The summed E-state index contributed by atoms with van der Waals surface area (Å²) in [4.78, 5) is 21.5. The van der Waals surface area contributed by atoms with Crippen molar-refractivity contribution in [2.75, 3.05) is 40.2 Å². The molecule has 2 atom stereocenters. The normalized spacial score (nSPS) is 16.1. The summed E-state index contributed by atoms with van der Waals surface area (Å²) in [6, 6.07) is 37.4. The van der Waals surface area contributed by atoms with Crippen LogP contribution in [0, 0.1) is 0 Å². The zero-order valence-corrected chi connectivity index (χ0v) is 41.0. The molecule has 5 N–H and O–H groups in total. The number of nitrogens with one attached hydrogen (secondary N) is 1. The molecule has 3 heterocycles. The molecule has 1 amide bonds. The van der Waals surface area contributed by atoms with Gasteiger partial charge in [-0.05, 0) is 94.4 Å². The van der Waals surface area contributed by atoms with Gasteiger partial charge in [0.1, 0.15) is 22.1 Å². The van der Waals surface area contributed by atoms with Gasteiger partial charge in [-0.25, -0.2) is 26.6 Å². The zero-order valence-electron chi connectivity index (χ0n) is 39.4. The Morgan fingerprint density at radius 3 is 1.93 bits per heavy atom. The Kier molecular flexibility index (Phi) is 13.7. The molecule has 0 unspecified atom stereocenters. The van der Waals surface area contributed by atoms with Gasteiger partial charge in [0, 0.05) is 25.2 Å². The number of H-pyrrole nitrogens is 1. The molecule has 0 saturated carbocycles. The third-order valence-corrected chi connectivity index (χ3v) is 17.1. The minimum Gasteiger partial charge on any atom is -0.497 e. The minimum absolute atomic E-state index is 0.0203. The highest BCUT2D eigenvalue weighted by molar-refractivity contribution is 7.94. The Bertz CT molecular complexity index is 3420. The standard InChI is InChI=1S/C51H51N9O10S2/c1-68-37-18-12-34(13-19-37)28-58(29-35-14-20-38(69-2)21-15-35)72(66,67)47-44(71(64,65)40-27-51(32-61,59(31-40)50(62)63)26-33-8-5-4-6-9-33)25-24-41(42-10-7-11-43-46(42)54-49(52)53-43)45(47)48-55-57-60(56-48)30-36-16-22-39(70-3)23-17-36/h4-25,40,61H,26-32H2,1-3H3,(H,62,63)(H3,52,53,54)/t40-,51-/m0/s1. The molecule has 1 aliphatic rings. The minimum atomic E-state index is -5.07.